The predicted octanol–water partition coefficient (Wildman–Crippen LogP) is 4.45. The van der Waals surface area contributed by atoms with Crippen molar-refractivity contribution in [3.05, 3.63) is 65.1 Å². The van der Waals surface area contributed by atoms with Crippen LogP contribution in [-0.4, -0.2) is 30.1 Å². The van der Waals surface area contributed by atoms with E-state index in [1.807, 2.05) is 31.2 Å². The highest BCUT2D eigenvalue weighted by molar-refractivity contribution is 6.32. The molecule has 2 aromatic carbocycles. The lowest BCUT2D eigenvalue weighted by Crippen LogP contribution is -2.14. The first-order chi connectivity index (χ1) is 13.5. The van der Waals surface area contributed by atoms with Crippen molar-refractivity contribution >= 4 is 34.7 Å². The molecular formula is C20H19ClN4O3. The molecule has 0 saturated carbocycles. The zero-order valence-electron chi connectivity index (χ0n) is 15.6. The van der Waals surface area contributed by atoms with Crippen LogP contribution in [0.2, 0.25) is 5.02 Å². The number of carbonyl (C=O) groups excluding carboxylic acids is 1. The molecule has 1 amide bonds. The van der Waals surface area contributed by atoms with Gasteiger partial charge in [-0.3, -0.25) is 4.79 Å². The first-order valence-electron chi connectivity index (χ1n) is 8.38. The van der Waals surface area contributed by atoms with E-state index in [9.17, 15) is 4.79 Å². The number of anilines is 3. The number of nitrogens with one attached hydrogen (secondary N) is 2. The summed E-state index contributed by atoms with van der Waals surface area (Å²) in [5.74, 6) is 1.11. The van der Waals surface area contributed by atoms with Gasteiger partial charge in [0.15, 0.2) is 0 Å². The van der Waals surface area contributed by atoms with Crippen LogP contribution in [0.3, 0.4) is 0 Å². The van der Waals surface area contributed by atoms with Crippen LogP contribution < -0.4 is 20.1 Å². The standard InChI is InChI=1S/C20H19ClN4O3/c1-12-4-6-13(7-5-12)24-20(26)16-10-23-19(11-22-16)25-15-9-17(27-2)14(21)8-18(15)28-3/h4-11H,1-3H3,(H,23,25)(H,24,26). The van der Waals surface area contributed by atoms with E-state index in [1.165, 1.54) is 26.6 Å². The van der Waals surface area contributed by atoms with Gasteiger partial charge in [0.25, 0.3) is 5.91 Å². The van der Waals surface area contributed by atoms with E-state index < -0.39 is 0 Å². The average molecular weight is 399 g/mol. The molecule has 0 atom stereocenters. The van der Waals surface area contributed by atoms with Crippen molar-refractivity contribution < 1.29 is 14.3 Å². The van der Waals surface area contributed by atoms with Gasteiger partial charge >= 0.3 is 0 Å². The molecule has 0 saturated heterocycles. The van der Waals surface area contributed by atoms with Crippen LogP contribution in [0, 0.1) is 6.92 Å². The van der Waals surface area contributed by atoms with Gasteiger partial charge in [0.2, 0.25) is 0 Å². The van der Waals surface area contributed by atoms with Crippen molar-refractivity contribution in [2.45, 2.75) is 6.92 Å². The number of carbonyl (C=O) groups is 1. The minimum atomic E-state index is -0.339. The highest BCUT2D eigenvalue weighted by atomic mass is 35.5. The molecule has 2 N–H and O–H groups in total. The normalized spacial score (nSPS) is 10.3. The summed E-state index contributed by atoms with van der Waals surface area (Å²) in [7, 11) is 3.06. The molecule has 8 heteroatoms. The maximum absolute atomic E-state index is 12.3. The highest BCUT2D eigenvalue weighted by Crippen LogP contribution is 2.36. The number of hydrogen-bond acceptors (Lipinski definition) is 6. The number of aryl methyl sites for hydroxylation is 1. The van der Waals surface area contributed by atoms with E-state index >= 15 is 0 Å². The lowest BCUT2D eigenvalue weighted by molar-refractivity contribution is 0.102. The Morgan fingerprint density at radius 1 is 1.00 bits per heavy atom. The zero-order chi connectivity index (χ0) is 20.1. The second-order valence-electron chi connectivity index (χ2n) is 5.92. The van der Waals surface area contributed by atoms with Gasteiger partial charge in [-0.05, 0) is 19.1 Å². The summed E-state index contributed by atoms with van der Waals surface area (Å²) in [5.41, 5.74) is 2.61. The number of halogens is 1. The number of benzene rings is 2. The number of ether oxygens (including phenoxy) is 2. The van der Waals surface area contributed by atoms with E-state index in [1.54, 1.807) is 12.1 Å². The van der Waals surface area contributed by atoms with Crippen molar-refractivity contribution in [3.8, 4) is 11.5 Å². The fraction of sp³-hybridized carbons (Fsp3) is 0.150. The van der Waals surface area contributed by atoms with Crippen LogP contribution in [0.25, 0.3) is 0 Å². The fourth-order valence-electron chi connectivity index (χ4n) is 2.44. The van der Waals surface area contributed by atoms with Gasteiger partial charge in [-0.1, -0.05) is 29.3 Å². The minimum Gasteiger partial charge on any atom is -0.495 e. The van der Waals surface area contributed by atoms with Crippen molar-refractivity contribution in [3.63, 3.8) is 0 Å². The Balaban J connectivity index is 1.74. The van der Waals surface area contributed by atoms with Crippen molar-refractivity contribution in [2.24, 2.45) is 0 Å². The molecule has 0 unspecified atom stereocenters. The molecule has 0 aliphatic heterocycles. The second kappa shape index (κ2) is 8.58. The second-order valence-corrected chi connectivity index (χ2v) is 6.33. The van der Waals surface area contributed by atoms with Gasteiger partial charge in [0.1, 0.15) is 23.0 Å². The minimum absolute atomic E-state index is 0.201. The van der Waals surface area contributed by atoms with Crippen molar-refractivity contribution in [2.75, 3.05) is 24.9 Å². The van der Waals surface area contributed by atoms with Crippen LogP contribution in [0.1, 0.15) is 16.1 Å². The molecule has 0 radical (unpaired) electrons. The van der Waals surface area contributed by atoms with Crippen LogP contribution in [0.5, 0.6) is 11.5 Å². The number of amides is 1. The molecule has 7 nitrogen and oxygen atoms in total. The Labute approximate surface area is 167 Å². The first-order valence-corrected chi connectivity index (χ1v) is 8.76. The SMILES string of the molecule is COc1cc(Nc2cnc(C(=O)Nc3ccc(C)cc3)cn2)c(OC)cc1Cl. The van der Waals surface area contributed by atoms with Crippen LogP contribution >= 0.6 is 11.6 Å². The molecule has 0 aliphatic carbocycles. The van der Waals surface area contributed by atoms with E-state index in [4.69, 9.17) is 21.1 Å². The monoisotopic (exact) mass is 398 g/mol. The van der Waals surface area contributed by atoms with E-state index in [0.717, 1.165) is 5.56 Å². The van der Waals surface area contributed by atoms with Crippen molar-refractivity contribution in [1.82, 2.24) is 9.97 Å². The number of aromatic nitrogens is 2. The predicted molar refractivity (Wildman–Crippen MR) is 109 cm³/mol. The molecule has 1 aromatic heterocycles. The Morgan fingerprint density at radius 3 is 2.32 bits per heavy atom. The summed E-state index contributed by atoms with van der Waals surface area (Å²) in [5, 5.41) is 6.29. The van der Waals surface area contributed by atoms with Gasteiger partial charge in [-0.2, -0.15) is 0 Å². The van der Waals surface area contributed by atoms with Gasteiger partial charge in [-0.25, -0.2) is 9.97 Å². The third kappa shape index (κ3) is 4.50. The summed E-state index contributed by atoms with van der Waals surface area (Å²) in [6, 6.07) is 10.8. The Hall–Kier alpha value is -3.32. The highest BCUT2D eigenvalue weighted by Gasteiger charge is 2.12. The number of methoxy groups -OCH3 is 2. The molecule has 1 heterocycles. The Bertz CT molecular complexity index is 976. The Morgan fingerprint density at radius 2 is 1.71 bits per heavy atom. The summed E-state index contributed by atoms with van der Waals surface area (Å²) in [4.78, 5) is 20.7. The summed E-state index contributed by atoms with van der Waals surface area (Å²) in [6.45, 7) is 1.98. The van der Waals surface area contributed by atoms with E-state index in [0.29, 0.717) is 33.7 Å². The van der Waals surface area contributed by atoms with E-state index in [2.05, 4.69) is 20.6 Å². The van der Waals surface area contributed by atoms with Gasteiger partial charge in [0, 0.05) is 17.8 Å². The molecule has 3 rings (SSSR count). The molecule has 3 aromatic rings. The lowest BCUT2D eigenvalue weighted by atomic mass is 10.2. The number of nitrogens with zero attached hydrogens (tertiary/aromatic N) is 2. The smallest absolute Gasteiger partial charge is 0.275 e. The summed E-state index contributed by atoms with van der Waals surface area (Å²) < 4.78 is 10.5. The third-order valence-electron chi connectivity index (χ3n) is 3.93. The molecule has 28 heavy (non-hydrogen) atoms. The largest absolute Gasteiger partial charge is 0.495 e. The molecule has 0 spiro atoms. The quantitative estimate of drug-likeness (QED) is 0.638. The lowest BCUT2D eigenvalue weighted by Gasteiger charge is -2.13. The summed E-state index contributed by atoms with van der Waals surface area (Å²) in [6.07, 6.45) is 2.86. The zero-order valence-corrected chi connectivity index (χ0v) is 16.4. The van der Waals surface area contributed by atoms with Crippen LogP contribution in [0.4, 0.5) is 17.2 Å². The molecule has 0 fully saturated rings. The van der Waals surface area contributed by atoms with Crippen LogP contribution in [-0.2, 0) is 0 Å². The number of hydrogen-bond donors (Lipinski definition) is 2. The van der Waals surface area contributed by atoms with Gasteiger partial charge < -0.3 is 20.1 Å². The Kier molecular flexibility index (Phi) is 5.96. The third-order valence-corrected chi connectivity index (χ3v) is 4.23. The maximum atomic E-state index is 12.3. The molecule has 0 aliphatic rings. The van der Waals surface area contributed by atoms with Crippen LogP contribution in [0.15, 0.2) is 48.8 Å². The number of rotatable bonds is 6. The van der Waals surface area contributed by atoms with Gasteiger partial charge in [0.05, 0.1) is 37.3 Å². The molecular weight excluding hydrogens is 380 g/mol. The maximum Gasteiger partial charge on any atom is 0.275 e. The fourth-order valence-corrected chi connectivity index (χ4v) is 2.67. The van der Waals surface area contributed by atoms with E-state index in [-0.39, 0.29) is 11.6 Å². The van der Waals surface area contributed by atoms with Gasteiger partial charge in [-0.15, -0.1) is 0 Å². The first kappa shape index (κ1) is 19.4. The van der Waals surface area contributed by atoms with Crippen molar-refractivity contribution in [1.29, 1.82) is 0 Å². The topological polar surface area (TPSA) is 85.4 Å². The average Bonchev–Trinajstić information content (AvgIpc) is 2.71. The summed E-state index contributed by atoms with van der Waals surface area (Å²) >= 11 is 6.11. The molecule has 0 bridgehead atoms. The molecule has 144 valence electrons.